The summed E-state index contributed by atoms with van der Waals surface area (Å²) in [6.45, 7) is 4.71. The van der Waals surface area contributed by atoms with Crippen LogP contribution >= 0.6 is 23.4 Å². The molecule has 7 heteroatoms. The van der Waals surface area contributed by atoms with Gasteiger partial charge in [0, 0.05) is 17.0 Å². The quantitative estimate of drug-likeness (QED) is 0.577. The van der Waals surface area contributed by atoms with Gasteiger partial charge >= 0.3 is 6.03 Å². The summed E-state index contributed by atoms with van der Waals surface area (Å²) in [6, 6.07) is 6.46. The number of hydrogen-bond donors (Lipinski definition) is 3. The number of carbonyl (C=O) groups is 2. The number of hydrogen-bond acceptors (Lipinski definition) is 3. The third-order valence-electron chi connectivity index (χ3n) is 4.65. The minimum atomic E-state index is -0.684. The number of carbonyl (C=O) groups excluding carboxylic acids is 2. The van der Waals surface area contributed by atoms with Gasteiger partial charge in [-0.2, -0.15) is 11.8 Å². The first kappa shape index (κ1) is 21.6. The van der Waals surface area contributed by atoms with Crippen LogP contribution in [-0.2, 0) is 10.2 Å². The Morgan fingerprint density at radius 2 is 1.84 bits per heavy atom. The van der Waals surface area contributed by atoms with Gasteiger partial charge in [0.2, 0.25) is 5.91 Å². The summed E-state index contributed by atoms with van der Waals surface area (Å²) in [7, 11) is 0. The zero-order chi connectivity index (χ0) is 18.9. The number of urea groups is 1. The highest BCUT2D eigenvalue weighted by Crippen LogP contribution is 2.31. The van der Waals surface area contributed by atoms with Crippen LogP contribution in [0, 0.1) is 0 Å². The Morgan fingerprint density at radius 3 is 2.32 bits per heavy atom. The zero-order valence-electron chi connectivity index (χ0n) is 15.1. The summed E-state index contributed by atoms with van der Waals surface area (Å²) in [6.07, 6.45) is 4.26. The highest BCUT2D eigenvalue weighted by Gasteiger charge is 2.30. The number of thioether (sulfide) groups is 1. The van der Waals surface area contributed by atoms with E-state index in [0.29, 0.717) is 18.0 Å². The number of rotatable bonds is 10. The third-order valence-corrected chi connectivity index (χ3v) is 5.55. The van der Waals surface area contributed by atoms with E-state index in [2.05, 4.69) is 24.5 Å². The minimum absolute atomic E-state index is 0.170. The summed E-state index contributed by atoms with van der Waals surface area (Å²) in [5, 5.41) is 6.22. The maximum Gasteiger partial charge on any atom is 0.312 e. The molecule has 0 bridgehead atoms. The predicted molar refractivity (Wildman–Crippen MR) is 106 cm³/mol. The molecule has 0 spiro atoms. The number of nitrogens with one attached hydrogen (secondary N) is 2. The van der Waals surface area contributed by atoms with Crippen LogP contribution in [0.15, 0.2) is 24.3 Å². The van der Waals surface area contributed by atoms with Gasteiger partial charge in [-0.1, -0.05) is 37.6 Å². The Hall–Kier alpha value is -1.40. The van der Waals surface area contributed by atoms with Crippen molar-refractivity contribution in [1.29, 1.82) is 0 Å². The standard InChI is InChI=1S/C18H28ClN3O2S/c1-4-18(5-2,13-6-8-14(19)9-7-13)12-21-16(23)15(10-11-25-3)22-17(20)24/h6-9,15H,4-5,10-12H2,1-3H3,(H,21,23)(H3,20,22,24). The Labute approximate surface area is 159 Å². The molecule has 0 aliphatic rings. The van der Waals surface area contributed by atoms with E-state index >= 15 is 0 Å². The van der Waals surface area contributed by atoms with Crippen molar-refractivity contribution in [3.63, 3.8) is 0 Å². The van der Waals surface area contributed by atoms with E-state index in [1.54, 1.807) is 11.8 Å². The number of halogens is 1. The molecule has 1 rings (SSSR count). The van der Waals surface area contributed by atoms with Crippen molar-refractivity contribution in [2.24, 2.45) is 5.73 Å². The van der Waals surface area contributed by atoms with Crippen molar-refractivity contribution >= 4 is 35.3 Å². The van der Waals surface area contributed by atoms with Gasteiger partial charge in [-0.3, -0.25) is 4.79 Å². The molecule has 0 aliphatic carbocycles. The maximum absolute atomic E-state index is 12.5. The Kier molecular flexibility index (Phi) is 9.14. The van der Waals surface area contributed by atoms with Crippen molar-refractivity contribution in [1.82, 2.24) is 10.6 Å². The normalized spacial score (nSPS) is 12.5. The fourth-order valence-electron chi connectivity index (χ4n) is 2.87. The molecule has 25 heavy (non-hydrogen) atoms. The first-order valence-electron chi connectivity index (χ1n) is 8.47. The Balaban J connectivity index is 2.85. The van der Waals surface area contributed by atoms with Gasteiger partial charge in [0.05, 0.1) is 0 Å². The molecule has 1 unspecified atom stereocenters. The van der Waals surface area contributed by atoms with Crippen molar-refractivity contribution in [2.45, 2.75) is 44.6 Å². The smallest absolute Gasteiger partial charge is 0.312 e. The van der Waals surface area contributed by atoms with E-state index in [-0.39, 0.29) is 11.3 Å². The lowest BCUT2D eigenvalue weighted by Crippen LogP contribution is -2.51. The molecule has 5 nitrogen and oxygen atoms in total. The fraction of sp³-hybridized carbons (Fsp3) is 0.556. The topological polar surface area (TPSA) is 84.2 Å². The second-order valence-electron chi connectivity index (χ2n) is 6.05. The SMILES string of the molecule is CCC(CC)(CNC(=O)C(CCSC)NC(N)=O)c1ccc(Cl)cc1. The van der Waals surface area contributed by atoms with Crippen LogP contribution in [0.4, 0.5) is 4.79 Å². The molecular weight excluding hydrogens is 358 g/mol. The summed E-state index contributed by atoms with van der Waals surface area (Å²) in [5.41, 5.74) is 6.17. The molecule has 1 aromatic rings. The van der Waals surface area contributed by atoms with Crippen molar-refractivity contribution < 1.29 is 9.59 Å². The van der Waals surface area contributed by atoms with Crippen LogP contribution in [-0.4, -0.2) is 36.5 Å². The second-order valence-corrected chi connectivity index (χ2v) is 7.48. The number of primary amides is 1. The average Bonchev–Trinajstić information content (AvgIpc) is 2.60. The summed E-state index contributed by atoms with van der Waals surface area (Å²) < 4.78 is 0. The molecule has 0 heterocycles. The van der Waals surface area contributed by atoms with E-state index in [1.807, 2.05) is 30.5 Å². The molecule has 1 atom stereocenters. The zero-order valence-corrected chi connectivity index (χ0v) is 16.7. The summed E-state index contributed by atoms with van der Waals surface area (Å²) in [4.78, 5) is 23.7. The maximum atomic E-state index is 12.5. The van der Waals surface area contributed by atoms with Crippen LogP contribution in [0.5, 0.6) is 0 Å². The predicted octanol–water partition coefficient (Wildman–Crippen LogP) is 3.30. The molecule has 1 aromatic carbocycles. The molecule has 0 saturated heterocycles. The van der Waals surface area contributed by atoms with Gasteiger partial charge in [0.1, 0.15) is 6.04 Å². The van der Waals surface area contributed by atoms with E-state index in [1.165, 1.54) is 0 Å². The fourth-order valence-corrected chi connectivity index (χ4v) is 3.47. The minimum Gasteiger partial charge on any atom is -0.353 e. The second kappa shape index (κ2) is 10.6. The molecule has 0 aromatic heterocycles. The van der Waals surface area contributed by atoms with Crippen molar-refractivity contribution in [3.05, 3.63) is 34.9 Å². The van der Waals surface area contributed by atoms with E-state index in [9.17, 15) is 9.59 Å². The van der Waals surface area contributed by atoms with E-state index < -0.39 is 12.1 Å². The average molecular weight is 386 g/mol. The van der Waals surface area contributed by atoms with Crippen molar-refractivity contribution in [3.8, 4) is 0 Å². The lowest BCUT2D eigenvalue weighted by Gasteiger charge is -2.33. The highest BCUT2D eigenvalue weighted by atomic mass is 35.5. The van der Waals surface area contributed by atoms with Crippen molar-refractivity contribution in [2.75, 3.05) is 18.6 Å². The third kappa shape index (κ3) is 6.44. The number of nitrogens with two attached hydrogens (primary N) is 1. The molecule has 3 amide bonds. The van der Waals surface area contributed by atoms with Crippen LogP contribution in [0.25, 0.3) is 0 Å². The van der Waals surface area contributed by atoms with Crippen LogP contribution < -0.4 is 16.4 Å². The first-order valence-corrected chi connectivity index (χ1v) is 10.2. The molecule has 0 aliphatic heterocycles. The van der Waals surface area contributed by atoms with Crippen LogP contribution in [0.1, 0.15) is 38.7 Å². The number of amides is 3. The lowest BCUT2D eigenvalue weighted by atomic mass is 9.75. The largest absolute Gasteiger partial charge is 0.353 e. The molecule has 0 fully saturated rings. The first-order chi connectivity index (χ1) is 11.9. The van der Waals surface area contributed by atoms with Gasteiger partial charge in [0.15, 0.2) is 0 Å². The molecule has 0 radical (unpaired) electrons. The Bertz CT molecular complexity index is 562. The summed E-state index contributed by atoms with van der Waals surface area (Å²) >= 11 is 7.61. The van der Waals surface area contributed by atoms with Crippen LogP contribution in [0.3, 0.4) is 0 Å². The van der Waals surface area contributed by atoms with Crippen LogP contribution in [0.2, 0.25) is 5.02 Å². The molecule has 4 N–H and O–H groups in total. The van der Waals surface area contributed by atoms with Gasteiger partial charge in [-0.05, 0) is 49.0 Å². The molecule has 140 valence electrons. The lowest BCUT2D eigenvalue weighted by molar-refractivity contribution is -0.123. The monoisotopic (exact) mass is 385 g/mol. The van der Waals surface area contributed by atoms with Gasteiger partial charge in [-0.15, -0.1) is 0 Å². The van der Waals surface area contributed by atoms with Gasteiger partial charge in [-0.25, -0.2) is 4.79 Å². The molecular formula is C18H28ClN3O2S. The summed E-state index contributed by atoms with van der Waals surface area (Å²) in [5.74, 6) is 0.565. The Morgan fingerprint density at radius 1 is 1.24 bits per heavy atom. The van der Waals surface area contributed by atoms with E-state index in [4.69, 9.17) is 17.3 Å². The highest BCUT2D eigenvalue weighted by molar-refractivity contribution is 7.98. The van der Waals surface area contributed by atoms with Gasteiger partial charge in [0.25, 0.3) is 0 Å². The molecule has 0 saturated carbocycles. The van der Waals surface area contributed by atoms with Gasteiger partial charge < -0.3 is 16.4 Å². The van der Waals surface area contributed by atoms with E-state index in [0.717, 1.165) is 24.2 Å². The number of benzene rings is 1.